The van der Waals surface area contributed by atoms with Crippen LogP contribution in [0.15, 0.2) is 218 Å². The zero-order valence-electron chi connectivity index (χ0n) is 41.6. The Morgan fingerprint density at radius 2 is 0.750 bits per heavy atom. The number of nitrogens with zero attached hydrogens (tertiary/aromatic N) is 3. The fraction of sp³-hybridized carbons (Fsp3) is 0.159. The van der Waals surface area contributed by atoms with E-state index < -0.39 is 0 Å². The van der Waals surface area contributed by atoms with Gasteiger partial charge >= 0.3 is 0 Å². The highest BCUT2D eigenvalue weighted by Crippen LogP contribution is 2.54. The fourth-order valence-electron chi connectivity index (χ4n) is 11.3. The lowest BCUT2D eigenvalue weighted by molar-refractivity contribution is 0.714. The summed E-state index contributed by atoms with van der Waals surface area (Å²) in [6.07, 6.45) is 5.60. The van der Waals surface area contributed by atoms with E-state index in [1.807, 2.05) is 57.2 Å². The first-order valence-electron chi connectivity index (χ1n) is 24.8. The van der Waals surface area contributed by atoms with Gasteiger partial charge in [0, 0.05) is 62.4 Å². The molecule has 1 aromatic heterocycles. The topological polar surface area (TPSA) is 11.4 Å². The van der Waals surface area contributed by atoms with Gasteiger partial charge in [-0.3, -0.25) is 0 Å². The molecule has 0 N–H and O–H groups in total. The average molecular weight is 934 g/mol. The van der Waals surface area contributed by atoms with Gasteiger partial charge in [-0.25, -0.2) is 0 Å². The van der Waals surface area contributed by atoms with E-state index in [-0.39, 0.29) is 18.3 Å². The van der Waals surface area contributed by atoms with Gasteiger partial charge in [-0.15, -0.1) is 12.3 Å². The van der Waals surface area contributed by atoms with Crippen molar-refractivity contribution in [2.45, 2.75) is 52.9 Å². The van der Waals surface area contributed by atoms with Gasteiger partial charge in [-0.05, 0) is 149 Å². The molecular weight excluding hydrogens is 871 g/mol. The lowest BCUT2D eigenvalue weighted by atomic mass is 9.73. The van der Waals surface area contributed by atoms with E-state index in [0.717, 1.165) is 22.7 Å². The number of fused-ring (bicyclic) bond motifs is 9. The van der Waals surface area contributed by atoms with E-state index in [1.165, 1.54) is 77.4 Å². The molecular formula is C69H63N3. The summed E-state index contributed by atoms with van der Waals surface area (Å²) in [4.78, 5) is 4.33. The second-order valence-electron chi connectivity index (χ2n) is 18.4. The quantitative estimate of drug-likeness (QED) is 0.141. The van der Waals surface area contributed by atoms with Crippen molar-refractivity contribution >= 4 is 44.6 Å². The number of hydrogen-bond acceptors (Lipinski definition) is 2. The molecule has 0 unspecified atom stereocenters. The Kier molecular flexibility index (Phi) is 13.8. The second-order valence-corrected chi connectivity index (χ2v) is 18.4. The third kappa shape index (κ3) is 8.12. The Labute approximate surface area is 428 Å². The molecule has 3 nitrogen and oxygen atoms in total. The molecule has 72 heavy (non-hydrogen) atoms. The first-order valence-corrected chi connectivity index (χ1v) is 24.8. The SMILES string of the molecule is C.C#CCN(c1ccccc1)c1ccc(N(CC#CC)c2ccccc2)cc1.CC.Cn1c2ccc(C3(C)c4ccccc4-c4ccccc43)cc2c2cc(C3(C)c4ccccc4-c4ccccc43)ccc21. The molecule has 0 amide bonds. The zero-order valence-corrected chi connectivity index (χ0v) is 41.6. The fourth-order valence-corrected chi connectivity index (χ4v) is 11.3. The van der Waals surface area contributed by atoms with Gasteiger partial charge in [0.05, 0.1) is 13.1 Å². The highest BCUT2D eigenvalue weighted by atomic mass is 15.1. The summed E-state index contributed by atoms with van der Waals surface area (Å²) in [5, 5.41) is 2.64. The van der Waals surface area contributed by atoms with Gasteiger partial charge < -0.3 is 14.4 Å². The largest absolute Gasteiger partial charge is 0.344 e. The lowest BCUT2D eigenvalue weighted by Crippen LogP contribution is -2.22. The molecule has 0 atom stereocenters. The number of hydrogen-bond donors (Lipinski definition) is 0. The molecule has 12 rings (SSSR count). The Bertz CT molecular complexity index is 3390. The molecule has 2 aliphatic rings. The van der Waals surface area contributed by atoms with Crippen LogP contribution in [0.25, 0.3) is 44.1 Å². The number of benzene rings is 9. The van der Waals surface area contributed by atoms with Gasteiger partial charge in [0.2, 0.25) is 0 Å². The van der Waals surface area contributed by atoms with Crippen molar-refractivity contribution < 1.29 is 0 Å². The van der Waals surface area contributed by atoms with Crippen molar-refractivity contribution in [1.82, 2.24) is 4.57 Å². The van der Waals surface area contributed by atoms with Crippen LogP contribution in [-0.4, -0.2) is 17.7 Å². The van der Waals surface area contributed by atoms with E-state index in [2.05, 4.69) is 235 Å². The monoisotopic (exact) mass is 934 g/mol. The van der Waals surface area contributed by atoms with Crippen LogP contribution in [0.1, 0.15) is 75.4 Å². The van der Waals surface area contributed by atoms with Crippen molar-refractivity contribution in [2.75, 3.05) is 22.9 Å². The van der Waals surface area contributed by atoms with Crippen molar-refractivity contribution in [3.8, 4) is 46.4 Å². The van der Waals surface area contributed by atoms with Gasteiger partial charge in [-0.1, -0.05) is 179 Å². The first-order chi connectivity index (χ1) is 34.8. The third-order valence-corrected chi connectivity index (χ3v) is 14.9. The van der Waals surface area contributed by atoms with Gasteiger partial charge in [0.1, 0.15) is 0 Å². The minimum Gasteiger partial charge on any atom is -0.344 e. The standard InChI is InChI=1S/C41H31N.C25H22N2.C2H6.CH4/c1-40(34-16-8-4-12-28(34)29-13-5-9-17-35(29)40)26-20-22-38-32(24-26)33-25-27(21-23-39(33)42(38)3)41(2)36-18-10-6-14-30(36)31-15-7-11-19-37(31)41;1-3-5-21-27(23-14-10-7-11-15-23)25-18-16-24(17-19-25)26(20-4-2)22-12-8-6-9-13-22;1-2;/h4-25H,1-3H3;2,6-19H,20-21H2,1H3;1-2H3;1H4. The highest BCUT2D eigenvalue weighted by molar-refractivity contribution is 6.09. The Balaban J connectivity index is 0.000000186. The van der Waals surface area contributed by atoms with Crippen LogP contribution in [0.4, 0.5) is 22.7 Å². The first kappa shape index (κ1) is 48.5. The van der Waals surface area contributed by atoms with Crippen molar-refractivity contribution in [1.29, 1.82) is 0 Å². The smallest absolute Gasteiger partial charge is 0.0843 e. The van der Waals surface area contributed by atoms with E-state index in [1.54, 1.807) is 0 Å². The number of para-hydroxylation sites is 2. The van der Waals surface area contributed by atoms with Crippen molar-refractivity contribution in [3.05, 3.63) is 252 Å². The molecule has 2 aliphatic carbocycles. The maximum absolute atomic E-state index is 5.60. The van der Waals surface area contributed by atoms with Crippen LogP contribution in [0.2, 0.25) is 0 Å². The predicted octanol–water partition coefficient (Wildman–Crippen LogP) is 17.3. The highest BCUT2D eigenvalue weighted by Gasteiger charge is 2.42. The molecule has 0 spiro atoms. The molecule has 1 heterocycles. The predicted molar refractivity (Wildman–Crippen MR) is 309 cm³/mol. The van der Waals surface area contributed by atoms with Gasteiger partial charge in [0.15, 0.2) is 0 Å². The minimum absolute atomic E-state index is 0. The molecule has 10 aromatic rings. The molecule has 9 aromatic carbocycles. The summed E-state index contributed by atoms with van der Waals surface area (Å²) in [5.41, 5.74) is 20.1. The summed E-state index contributed by atoms with van der Waals surface area (Å²) in [7, 11) is 2.20. The maximum Gasteiger partial charge on any atom is 0.0843 e. The van der Waals surface area contributed by atoms with E-state index in [0.29, 0.717) is 13.1 Å². The second kappa shape index (κ2) is 20.5. The van der Waals surface area contributed by atoms with Crippen molar-refractivity contribution in [2.24, 2.45) is 7.05 Å². The Morgan fingerprint density at radius 1 is 0.431 bits per heavy atom. The Hall–Kier alpha value is -8.50. The molecule has 0 fully saturated rings. The number of terminal acetylenes is 1. The maximum atomic E-state index is 5.60. The van der Waals surface area contributed by atoms with Crippen LogP contribution in [-0.2, 0) is 17.9 Å². The van der Waals surface area contributed by atoms with E-state index in [4.69, 9.17) is 6.42 Å². The number of aromatic nitrogens is 1. The normalized spacial score (nSPS) is 12.7. The van der Waals surface area contributed by atoms with Crippen molar-refractivity contribution in [3.63, 3.8) is 0 Å². The molecule has 0 aliphatic heterocycles. The lowest BCUT2D eigenvalue weighted by Gasteiger charge is -2.29. The number of rotatable bonds is 8. The third-order valence-electron chi connectivity index (χ3n) is 14.9. The Morgan fingerprint density at radius 3 is 1.10 bits per heavy atom. The van der Waals surface area contributed by atoms with Crippen LogP contribution in [0.3, 0.4) is 0 Å². The molecule has 3 heteroatoms. The summed E-state index contributed by atoms with van der Waals surface area (Å²) >= 11 is 0. The number of aryl methyl sites for hydroxylation is 1. The molecule has 0 saturated carbocycles. The average Bonchev–Trinajstić information content (AvgIpc) is 3.99. The molecule has 0 bridgehead atoms. The van der Waals surface area contributed by atoms with Crippen LogP contribution in [0.5, 0.6) is 0 Å². The zero-order chi connectivity index (χ0) is 49.1. The summed E-state index contributed by atoms with van der Waals surface area (Å²) in [6, 6.07) is 79.0. The summed E-state index contributed by atoms with van der Waals surface area (Å²) in [5.74, 6) is 8.90. The molecule has 0 saturated heterocycles. The minimum atomic E-state index is -0.212. The van der Waals surface area contributed by atoms with Crippen LogP contribution in [0, 0.1) is 24.2 Å². The van der Waals surface area contributed by atoms with E-state index >= 15 is 0 Å². The van der Waals surface area contributed by atoms with E-state index in [9.17, 15) is 0 Å². The summed E-state index contributed by atoms with van der Waals surface area (Å²) < 4.78 is 2.36. The van der Waals surface area contributed by atoms with Gasteiger partial charge in [-0.2, -0.15) is 0 Å². The van der Waals surface area contributed by atoms with Gasteiger partial charge in [0.25, 0.3) is 0 Å². The summed E-state index contributed by atoms with van der Waals surface area (Å²) in [6.45, 7) is 11.8. The molecule has 0 radical (unpaired) electrons. The number of anilines is 4. The molecule has 354 valence electrons. The van der Waals surface area contributed by atoms with Crippen LogP contribution >= 0.6 is 0 Å². The van der Waals surface area contributed by atoms with Crippen LogP contribution < -0.4 is 9.80 Å².